The zero-order chi connectivity index (χ0) is 24.1. The Morgan fingerprint density at radius 2 is 1.64 bits per heavy atom. The largest absolute Gasteiger partial charge is 0.435 e. The van der Waals surface area contributed by atoms with E-state index in [-0.39, 0.29) is 44.5 Å². The van der Waals surface area contributed by atoms with Gasteiger partial charge in [0.2, 0.25) is 0 Å². The predicted molar refractivity (Wildman–Crippen MR) is 108 cm³/mol. The molecule has 0 saturated heterocycles. The second kappa shape index (κ2) is 7.83. The highest BCUT2D eigenvalue weighted by Gasteiger charge is 2.34. The predicted octanol–water partition coefficient (Wildman–Crippen LogP) is 4.18. The Labute approximate surface area is 183 Å². The lowest BCUT2D eigenvalue weighted by molar-refractivity contribution is -0.141. The molecule has 0 spiro atoms. The Balaban J connectivity index is 1.95. The molecule has 7 nitrogen and oxygen atoms in total. The van der Waals surface area contributed by atoms with E-state index in [2.05, 4.69) is 20.2 Å². The van der Waals surface area contributed by atoms with Crippen LogP contribution in [0.3, 0.4) is 0 Å². The molecule has 4 aromatic rings. The van der Waals surface area contributed by atoms with Gasteiger partial charge in [0.15, 0.2) is 27.0 Å². The Bertz CT molecular complexity index is 1480. The lowest BCUT2D eigenvalue weighted by Crippen LogP contribution is -2.10. The summed E-state index contributed by atoms with van der Waals surface area (Å²) in [5.74, 6) is -2.11. The minimum Gasteiger partial charge on any atom is -0.309 e. The van der Waals surface area contributed by atoms with Crippen LogP contribution in [0.4, 0.5) is 22.0 Å². The van der Waals surface area contributed by atoms with E-state index < -0.39 is 33.3 Å². The number of rotatable bonds is 4. The molecular formula is C20H14F5N5O2S. The maximum absolute atomic E-state index is 13.7. The summed E-state index contributed by atoms with van der Waals surface area (Å²) in [6.45, 7) is 1.39. The summed E-state index contributed by atoms with van der Waals surface area (Å²) in [7, 11) is -2.51. The Hall–Kier alpha value is -3.48. The van der Waals surface area contributed by atoms with E-state index in [0.717, 1.165) is 12.1 Å². The SMILES string of the molecule is CCS(=O)(=O)c1cc(-c2cc(F)cc(F)c2)cnc1-c1nc2cc(C(F)(F)F)nnc2n1C. The fraction of sp³-hybridized carbons (Fsp3) is 0.200. The number of halogens is 5. The van der Waals surface area contributed by atoms with Crippen LogP contribution in [0.5, 0.6) is 0 Å². The first-order chi connectivity index (χ1) is 15.4. The third-order valence-corrected chi connectivity index (χ3v) is 6.62. The van der Waals surface area contributed by atoms with Crippen LogP contribution in [0.1, 0.15) is 12.6 Å². The van der Waals surface area contributed by atoms with Gasteiger partial charge < -0.3 is 4.57 Å². The van der Waals surface area contributed by atoms with Gasteiger partial charge >= 0.3 is 6.18 Å². The van der Waals surface area contributed by atoms with E-state index >= 15 is 0 Å². The van der Waals surface area contributed by atoms with Gasteiger partial charge in [-0.15, -0.1) is 10.2 Å². The first-order valence-corrected chi connectivity index (χ1v) is 11.0. The fourth-order valence-corrected chi connectivity index (χ4v) is 4.28. The van der Waals surface area contributed by atoms with E-state index in [1.54, 1.807) is 0 Å². The number of hydrogen-bond acceptors (Lipinski definition) is 6. The van der Waals surface area contributed by atoms with E-state index in [0.29, 0.717) is 12.1 Å². The maximum atomic E-state index is 13.7. The number of aromatic nitrogens is 5. The number of nitrogens with zero attached hydrogens (tertiary/aromatic N) is 5. The molecule has 0 amide bonds. The fourth-order valence-electron chi connectivity index (χ4n) is 3.22. The molecule has 1 aromatic carbocycles. The topological polar surface area (TPSA) is 90.6 Å². The molecule has 0 unspecified atom stereocenters. The highest BCUT2D eigenvalue weighted by Crippen LogP contribution is 2.33. The van der Waals surface area contributed by atoms with Gasteiger partial charge in [-0.2, -0.15) is 13.2 Å². The summed E-state index contributed by atoms with van der Waals surface area (Å²) in [6, 6.07) is 4.60. The van der Waals surface area contributed by atoms with Crippen LogP contribution >= 0.6 is 0 Å². The van der Waals surface area contributed by atoms with Crippen LogP contribution in [0.15, 0.2) is 41.4 Å². The van der Waals surface area contributed by atoms with Crippen molar-refractivity contribution in [2.24, 2.45) is 7.05 Å². The summed E-state index contributed by atoms with van der Waals surface area (Å²) in [5.41, 5.74) is -1.39. The number of aryl methyl sites for hydroxylation is 1. The summed E-state index contributed by atoms with van der Waals surface area (Å²) in [5, 5.41) is 6.72. The van der Waals surface area contributed by atoms with E-state index in [1.807, 2.05) is 0 Å². The Morgan fingerprint density at radius 1 is 0.970 bits per heavy atom. The van der Waals surface area contributed by atoms with Crippen LogP contribution in [-0.2, 0) is 23.1 Å². The van der Waals surface area contributed by atoms with Crippen molar-refractivity contribution in [2.75, 3.05) is 5.75 Å². The summed E-state index contributed by atoms with van der Waals surface area (Å²) in [6.07, 6.45) is -3.54. The molecule has 0 aliphatic rings. The number of sulfone groups is 1. The Kier molecular flexibility index (Phi) is 5.39. The molecule has 0 aliphatic heterocycles. The number of pyridine rings is 1. The van der Waals surface area contributed by atoms with Gasteiger partial charge in [0, 0.05) is 30.9 Å². The van der Waals surface area contributed by atoms with Gasteiger partial charge in [0.1, 0.15) is 22.8 Å². The highest BCUT2D eigenvalue weighted by atomic mass is 32.2. The second-order valence-corrected chi connectivity index (χ2v) is 9.31. The van der Waals surface area contributed by atoms with Crippen molar-refractivity contribution < 1.29 is 30.4 Å². The van der Waals surface area contributed by atoms with Crippen molar-refractivity contribution in [1.82, 2.24) is 24.7 Å². The van der Waals surface area contributed by atoms with Crippen molar-refractivity contribution in [1.29, 1.82) is 0 Å². The summed E-state index contributed by atoms with van der Waals surface area (Å²) < 4.78 is 93.2. The molecule has 3 aromatic heterocycles. The number of hydrogen-bond donors (Lipinski definition) is 0. The minimum atomic E-state index is -4.74. The molecule has 0 radical (unpaired) electrons. The van der Waals surface area contributed by atoms with Crippen LogP contribution in [0, 0.1) is 11.6 Å². The quantitative estimate of drug-likeness (QED) is 0.405. The molecule has 172 valence electrons. The molecular weight excluding hydrogens is 469 g/mol. The first kappa shape index (κ1) is 22.7. The van der Waals surface area contributed by atoms with Gasteiger partial charge in [0.05, 0.1) is 10.6 Å². The lowest BCUT2D eigenvalue weighted by atomic mass is 10.1. The van der Waals surface area contributed by atoms with Crippen molar-refractivity contribution in [3.8, 4) is 22.6 Å². The normalized spacial score (nSPS) is 12.5. The summed E-state index contributed by atoms with van der Waals surface area (Å²) >= 11 is 0. The van der Waals surface area contributed by atoms with Crippen molar-refractivity contribution >= 4 is 21.0 Å². The second-order valence-electron chi connectivity index (χ2n) is 7.06. The average Bonchev–Trinajstić information content (AvgIpc) is 3.08. The number of imidazole rings is 1. The molecule has 0 bridgehead atoms. The highest BCUT2D eigenvalue weighted by molar-refractivity contribution is 7.91. The van der Waals surface area contributed by atoms with Gasteiger partial charge in [-0.3, -0.25) is 4.98 Å². The maximum Gasteiger partial charge on any atom is 0.435 e. The molecule has 4 rings (SSSR count). The van der Waals surface area contributed by atoms with Crippen LogP contribution in [0.2, 0.25) is 0 Å². The van der Waals surface area contributed by atoms with Crippen LogP contribution in [-0.4, -0.2) is 38.9 Å². The minimum absolute atomic E-state index is 0.0177. The molecule has 0 atom stereocenters. The van der Waals surface area contributed by atoms with Crippen molar-refractivity contribution in [3.05, 3.63) is 53.9 Å². The zero-order valence-electron chi connectivity index (χ0n) is 17.0. The van der Waals surface area contributed by atoms with Crippen LogP contribution in [0.25, 0.3) is 33.8 Å². The molecule has 0 N–H and O–H groups in total. The van der Waals surface area contributed by atoms with Gasteiger partial charge in [-0.25, -0.2) is 22.2 Å². The van der Waals surface area contributed by atoms with E-state index in [1.165, 1.54) is 30.8 Å². The van der Waals surface area contributed by atoms with Gasteiger partial charge in [-0.1, -0.05) is 6.92 Å². The number of alkyl halides is 3. The third kappa shape index (κ3) is 4.15. The molecule has 0 fully saturated rings. The number of fused-ring (bicyclic) bond motifs is 1. The molecule has 13 heteroatoms. The molecule has 0 saturated carbocycles. The molecule has 0 aliphatic carbocycles. The average molecular weight is 483 g/mol. The smallest absolute Gasteiger partial charge is 0.309 e. The van der Waals surface area contributed by atoms with Crippen LogP contribution < -0.4 is 0 Å². The lowest BCUT2D eigenvalue weighted by Gasteiger charge is -2.11. The molecule has 33 heavy (non-hydrogen) atoms. The first-order valence-electron chi connectivity index (χ1n) is 9.37. The Morgan fingerprint density at radius 3 is 2.24 bits per heavy atom. The third-order valence-electron chi connectivity index (χ3n) is 4.88. The van der Waals surface area contributed by atoms with Gasteiger partial charge in [-0.05, 0) is 23.8 Å². The zero-order valence-corrected chi connectivity index (χ0v) is 17.8. The van der Waals surface area contributed by atoms with Gasteiger partial charge in [0.25, 0.3) is 0 Å². The van der Waals surface area contributed by atoms with E-state index in [9.17, 15) is 30.4 Å². The van der Waals surface area contributed by atoms with E-state index in [4.69, 9.17) is 0 Å². The van der Waals surface area contributed by atoms with Crippen molar-refractivity contribution in [3.63, 3.8) is 0 Å². The standard InChI is InChI=1S/C20H14F5N5O2S/c1-3-33(31,32)15-6-11(10-4-12(21)7-13(22)5-10)9-26-17(15)19-27-14-8-16(20(23,24)25)28-29-18(14)30(19)2/h4-9H,3H2,1-2H3. The molecule has 3 heterocycles. The van der Waals surface area contributed by atoms with Crippen molar-refractivity contribution in [2.45, 2.75) is 18.0 Å². The number of benzene rings is 1. The monoisotopic (exact) mass is 483 g/mol. The summed E-state index contributed by atoms with van der Waals surface area (Å²) in [4.78, 5) is 7.96.